The maximum absolute atomic E-state index is 8.96. The molecule has 0 radical (unpaired) electrons. The maximum atomic E-state index is 8.96. The Balaban J connectivity index is 2.24. The van der Waals surface area contributed by atoms with Crippen LogP contribution in [0.1, 0.15) is 56.4 Å². The Kier molecular flexibility index (Phi) is 5.42. The summed E-state index contributed by atoms with van der Waals surface area (Å²) in [6.07, 6.45) is 6.55. The predicted molar refractivity (Wildman–Crippen MR) is 83.0 cm³/mol. The number of fused-ring (bicyclic) bond motifs is 1. The zero-order valence-corrected chi connectivity index (χ0v) is 12.9. The molecule has 0 aromatic carbocycles. The summed E-state index contributed by atoms with van der Waals surface area (Å²) >= 11 is 0. The molecule has 2 rings (SSSR count). The van der Waals surface area contributed by atoms with Crippen LogP contribution >= 0.6 is 0 Å². The zero-order chi connectivity index (χ0) is 15.2. The van der Waals surface area contributed by atoms with Crippen LogP contribution in [-0.4, -0.2) is 22.6 Å². The summed E-state index contributed by atoms with van der Waals surface area (Å²) in [5.41, 5.74) is 8.66. The molecule has 1 aromatic heterocycles. The quantitative estimate of drug-likeness (QED) is 0.365. The van der Waals surface area contributed by atoms with Crippen LogP contribution in [0.5, 0.6) is 5.88 Å². The third-order valence-corrected chi connectivity index (χ3v) is 3.94. The molecule has 21 heavy (non-hydrogen) atoms. The molecule has 1 aliphatic rings. The lowest BCUT2D eigenvalue weighted by Crippen LogP contribution is -2.20. The molecule has 5 heteroatoms. The van der Waals surface area contributed by atoms with Crippen molar-refractivity contribution in [1.82, 2.24) is 4.98 Å². The molecule has 1 heterocycles. The number of rotatable bonds is 6. The number of aryl methyl sites for hydroxylation is 2. The minimum absolute atomic E-state index is 0.0639. The molecule has 116 valence electrons. The van der Waals surface area contributed by atoms with E-state index >= 15 is 0 Å². The number of hydrogen-bond donors (Lipinski definition) is 2. The van der Waals surface area contributed by atoms with E-state index in [1.807, 2.05) is 6.07 Å². The van der Waals surface area contributed by atoms with Gasteiger partial charge in [-0.15, -0.1) is 0 Å². The molecule has 0 bridgehead atoms. The first kappa shape index (κ1) is 15.6. The molecule has 0 spiro atoms. The van der Waals surface area contributed by atoms with Crippen molar-refractivity contribution in [3.63, 3.8) is 0 Å². The van der Waals surface area contributed by atoms with Gasteiger partial charge in [-0.1, -0.05) is 25.4 Å². The first-order valence-electron chi connectivity index (χ1n) is 7.79. The Morgan fingerprint density at radius 2 is 2.24 bits per heavy atom. The van der Waals surface area contributed by atoms with Gasteiger partial charge in [0.05, 0.1) is 12.2 Å². The van der Waals surface area contributed by atoms with Gasteiger partial charge < -0.3 is 15.7 Å². The van der Waals surface area contributed by atoms with Gasteiger partial charge in [0, 0.05) is 5.69 Å². The van der Waals surface area contributed by atoms with Crippen molar-refractivity contribution in [2.45, 2.75) is 52.4 Å². The second-order valence-corrected chi connectivity index (χ2v) is 5.84. The Labute approximate surface area is 126 Å². The lowest BCUT2D eigenvalue weighted by atomic mass is 9.95. The van der Waals surface area contributed by atoms with E-state index in [1.165, 1.54) is 5.56 Å². The van der Waals surface area contributed by atoms with Crippen molar-refractivity contribution in [2.24, 2.45) is 16.8 Å². The molecular weight excluding hydrogens is 266 g/mol. The minimum atomic E-state index is 0.0639. The predicted octanol–water partition coefficient (Wildman–Crippen LogP) is 2.87. The lowest BCUT2D eigenvalue weighted by Gasteiger charge is -2.19. The number of ether oxygens (including phenoxy) is 1. The summed E-state index contributed by atoms with van der Waals surface area (Å²) < 4.78 is 5.86. The minimum Gasteiger partial charge on any atom is -0.477 e. The van der Waals surface area contributed by atoms with Crippen LogP contribution in [0.4, 0.5) is 0 Å². The normalized spacial score (nSPS) is 16.4. The SMILES string of the molecule is CCCC(C)COc1nc2c(cc1C(N)=NO)CCCC2. The highest BCUT2D eigenvalue weighted by atomic mass is 16.5. The third-order valence-electron chi connectivity index (χ3n) is 3.94. The number of hydrogen-bond acceptors (Lipinski definition) is 4. The molecule has 5 nitrogen and oxygen atoms in total. The van der Waals surface area contributed by atoms with Crippen molar-refractivity contribution in [2.75, 3.05) is 6.61 Å². The average Bonchev–Trinajstić information content (AvgIpc) is 2.51. The number of amidine groups is 1. The molecule has 1 unspecified atom stereocenters. The van der Waals surface area contributed by atoms with Crippen LogP contribution in [0.25, 0.3) is 0 Å². The van der Waals surface area contributed by atoms with Gasteiger partial charge in [-0.2, -0.15) is 0 Å². The van der Waals surface area contributed by atoms with Gasteiger partial charge in [0.15, 0.2) is 5.84 Å². The van der Waals surface area contributed by atoms with Crippen LogP contribution in [0, 0.1) is 5.92 Å². The molecule has 0 saturated heterocycles. The Morgan fingerprint density at radius 3 is 2.95 bits per heavy atom. The van der Waals surface area contributed by atoms with Gasteiger partial charge in [0.1, 0.15) is 0 Å². The highest BCUT2D eigenvalue weighted by Gasteiger charge is 2.18. The lowest BCUT2D eigenvalue weighted by molar-refractivity contribution is 0.241. The Hall–Kier alpha value is -1.78. The molecule has 0 saturated carbocycles. The van der Waals surface area contributed by atoms with Crippen LogP contribution in [0.15, 0.2) is 11.2 Å². The van der Waals surface area contributed by atoms with Crippen molar-refractivity contribution in [3.05, 3.63) is 22.9 Å². The number of nitrogens with two attached hydrogens (primary N) is 1. The summed E-state index contributed by atoms with van der Waals surface area (Å²) in [7, 11) is 0. The highest BCUT2D eigenvalue weighted by molar-refractivity contribution is 5.99. The maximum Gasteiger partial charge on any atom is 0.224 e. The van der Waals surface area contributed by atoms with E-state index in [0.29, 0.717) is 24.0 Å². The first-order valence-corrected chi connectivity index (χ1v) is 7.79. The van der Waals surface area contributed by atoms with Crippen LogP contribution < -0.4 is 10.5 Å². The largest absolute Gasteiger partial charge is 0.477 e. The van der Waals surface area contributed by atoms with E-state index in [1.54, 1.807) is 0 Å². The van der Waals surface area contributed by atoms with Gasteiger partial charge in [0.25, 0.3) is 0 Å². The molecule has 0 amide bonds. The van der Waals surface area contributed by atoms with Crippen LogP contribution in [0.2, 0.25) is 0 Å². The van der Waals surface area contributed by atoms with Crippen LogP contribution in [-0.2, 0) is 12.8 Å². The van der Waals surface area contributed by atoms with Gasteiger partial charge in [-0.3, -0.25) is 0 Å². The van der Waals surface area contributed by atoms with Crippen molar-refractivity contribution >= 4 is 5.84 Å². The van der Waals surface area contributed by atoms with Gasteiger partial charge in [0.2, 0.25) is 5.88 Å². The molecule has 0 fully saturated rings. The standard InChI is InChI=1S/C16H25N3O2/c1-3-6-11(2)10-21-16-13(15(17)19-20)9-12-7-4-5-8-14(12)18-16/h9,11,20H,3-8,10H2,1-2H3,(H2,17,19). The van der Waals surface area contributed by atoms with E-state index in [0.717, 1.165) is 44.2 Å². The zero-order valence-electron chi connectivity index (χ0n) is 12.9. The van der Waals surface area contributed by atoms with Crippen molar-refractivity contribution in [3.8, 4) is 5.88 Å². The summed E-state index contributed by atoms with van der Waals surface area (Å²) in [4.78, 5) is 4.62. The molecule has 3 N–H and O–H groups in total. The monoisotopic (exact) mass is 291 g/mol. The topological polar surface area (TPSA) is 80.7 Å². The van der Waals surface area contributed by atoms with Crippen LogP contribution in [0.3, 0.4) is 0 Å². The van der Waals surface area contributed by atoms with Gasteiger partial charge in [-0.05, 0) is 49.7 Å². The summed E-state index contributed by atoms with van der Waals surface area (Å²) in [5, 5.41) is 12.1. The fourth-order valence-corrected chi connectivity index (χ4v) is 2.76. The summed E-state index contributed by atoms with van der Waals surface area (Å²) in [6, 6.07) is 1.97. The molecular formula is C16H25N3O2. The molecule has 1 aliphatic carbocycles. The fourth-order valence-electron chi connectivity index (χ4n) is 2.76. The average molecular weight is 291 g/mol. The third kappa shape index (κ3) is 3.86. The smallest absolute Gasteiger partial charge is 0.224 e. The first-order chi connectivity index (χ1) is 10.2. The molecule has 0 aliphatic heterocycles. The number of oxime groups is 1. The second kappa shape index (κ2) is 7.29. The van der Waals surface area contributed by atoms with E-state index in [4.69, 9.17) is 15.7 Å². The van der Waals surface area contributed by atoms with Gasteiger partial charge in [-0.25, -0.2) is 4.98 Å². The number of aromatic nitrogens is 1. The summed E-state index contributed by atoms with van der Waals surface area (Å²) in [6.45, 7) is 4.92. The Bertz CT molecular complexity index is 514. The summed E-state index contributed by atoms with van der Waals surface area (Å²) in [5.74, 6) is 1.02. The van der Waals surface area contributed by atoms with Crippen molar-refractivity contribution in [1.29, 1.82) is 0 Å². The molecule has 1 aromatic rings. The number of pyridine rings is 1. The van der Waals surface area contributed by atoms with E-state index < -0.39 is 0 Å². The molecule has 1 atom stereocenters. The Morgan fingerprint density at radius 1 is 1.48 bits per heavy atom. The number of nitrogens with zero attached hydrogens (tertiary/aromatic N) is 2. The fraction of sp³-hybridized carbons (Fsp3) is 0.625. The second-order valence-electron chi connectivity index (χ2n) is 5.84. The van der Waals surface area contributed by atoms with Crippen molar-refractivity contribution < 1.29 is 9.94 Å². The highest BCUT2D eigenvalue weighted by Crippen LogP contribution is 2.26. The van der Waals surface area contributed by atoms with E-state index in [9.17, 15) is 0 Å². The van der Waals surface area contributed by atoms with Gasteiger partial charge >= 0.3 is 0 Å². The van der Waals surface area contributed by atoms with E-state index in [2.05, 4.69) is 24.0 Å². The van der Waals surface area contributed by atoms with E-state index in [-0.39, 0.29) is 5.84 Å².